The predicted octanol–water partition coefficient (Wildman–Crippen LogP) is 9.71. The van der Waals surface area contributed by atoms with Crippen LogP contribution in [0.2, 0.25) is 0 Å². The summed E-state index contributed by atoms with van der Waals surface area (Å²) in [6, 6.07) is 9.16. The molecular formula is C32H14F8O14S4. The van der Waals surface area contributed by atoms with E-state index in [4.69, 9.17) is 20.0 Å². The fourth-order valence-corrected chi connectivity index (χ4v) is 7.22. The van der Waals surface area contributed by atoms with Crippen molar-refractivity contribution in [2.75, 3.05) is 0 Å². The van der Waals surface area contributed by atoms with E-state index in [-0.39, 0.29) is 43.4 Å². The second-order valence-electron chi connectivity index (χ2n) is 11.1. The van der Waals surface area contributed by atoms with E-state index in [1.165, 1.54) is 6.07 Å². The van der Waals surface area contributed by atoms with E-state index in [2.05, 4.69) is 18.7 Å². The summed E-state index contributed by atoms with van der Waals surface area (Å²) in [6.07, 6.45) is 0. The summed E-state index contributed by atoms with van der Waals surface area (Å²) in [6.45, 7) is 0. The minimum atomic E-state index is -5.12. The maximum Gasteiger partial charge on any atom is 0.294 e. The third kappa shape index (κ3) is 8.22. The Morgan fingerprint density at radius 2 is 0.862 bits per heavy atom. The molecular weight excluding hydrogens is 889 g/mol. The second kappa shape index (κ2) is 16.4. The van der Waals surface area contributed by atoms with Gasteiger partial charge in [-0.2, -0.15) is 34.4 Å². The first kappa shape index (κ1) is 42.8. The van der Waals surface area contributed by atoms with Crippen LogP contribution >= 0.6 is 24.1 Å². The third-order valence-electron chi connectivity index (χ3n) is 7.76. The summed E-state index contributed by atoms with van der Waals surface area (Å²) in [4.78, 5) is -1.82. The average Bonchev–Trinajstić information content (AvgIpc) is 3.17. The molecule has 6 aromatic rings. The summed E-state index contributed by atoms with van der Waals surface area (Å²) >= 11 is 0.547. The molecule has 4 N–H and O–H groups in total. The lowest BCUT2D eigenvalue weighted by molar-refractivity contribution is -0.432. The second-order valence-corrected chi connectivity index (χ2v) is 15.5. The average molecular weight is 903 g/mol. The number of fused-ring (bicyclic) bond motifs is 2. The molecule has 0 atom stereocenters. The number of benzene rings is 6. The Kier molecular flexibility index (Phi) is 12.1. The van der Waals surface area contributed by atoms with Gasteiger partial charge in [0.2, 0.25) is 34.8 Å². The molecule has 6 rings (SSSR count). The quantitative estimate of drug-likeness (QED) is 0.0213. The fourth-order valence-electron chi connectivity index (χ4n) is 5.32. The van der Waals surface area contributed by atoms with E-state index < -0.39 is 111 Å². The van der Waals surface area contributed by atoms with Gasteiger partial charge in [0.05, 0.1) is 45.0 Å². The van der Waals surface area contributed by atoms with Crippen molar-refractivity contribution in [3.63, 3.8) is 0 Å². The Bertz CT molecular complexity index is 2830. The maximum absolute atomic E-state index is 15.6. The molecule has 0 aliphatic carbocycles. The van der Waals surface area contributed by atoms with Gasteiger partial charge >= 0.3 is 0 Å². The van der Waals surface area contributed by atoms with Gasteiger partial charge in [0, 0.05) is 26.6 Å². The van der Waals surface area contributed by atoms with Crippen molar-refractivity contribution in [2.24, 2.45) is 0 Å². The zero-order valence-corrected chi connectivity index (χ0v) is 30.6. The van der Waals surface area contributed by atoms with Crippen LogP contribution in [0.25, 0.3) is 32.7 Å². The molecule has 0 unspecified atom stereocenters. The molecule has 0 spiro atoms. The highest BCUT2D eigenvalue weighted by Crippen LogP contribution is 2.46. The molecule has 0 aromatic heterocycles. The third-order valence-corrected chi connectivity index (χ3v) is 10.6. The van der Waals surface area contributed by atoms with Crippen LogP contribution in [0.3, 0.4) is 0 Å². The van der Waals surface area contributed by atoms with Crippen molar-refractivity contribution >= 4 is 65.9 Å². The van der Waals surface area contributed by atoms with Crippen LogP contribution < -0.4 is 9.47 Å². The number of ether oxygens (including phenoxy) is 2. The molecule has 0 aliphatic rings. The highest BCUT2D eigenvalue weighted by atomic mass is 32.2. The van der Waals surface area contributed by atoms with E-state index in [1.54, 1.807) is 0 Å². The molecule has 0 fully saturated rings. The Balaban J connectivity index is 1.46. The summed E-state index contributed by atoms with van der Waals surface area (Å²) in [5.41, 5.74) is -4.64. The number of halogens is 8. The lowest BCUT2D eigenvalue weighted by Gasteiger charge is -2.17. The topological polar surface area (TPSA) is 205 Å². The molecule has 0 bridgehead atoms. The van der Waals surface area contributed by atoms with Crippen molar-refractivity contribution in [3.8, 4) is 34.1 Å². The van der Waals surface area contributed by atoms with E-state index in [0.29, 0.717) is 18.1 Å². The van der Waals surface area contributed by atoms with Crippen molar-refractivity contribution < 1.29 is 99.8 Å². The van der Waals surface area contributed by atoms with Gasteiger partial charge in [0.1, 0.15) is 11.5 Å². The van der Waals surface area contributed by atoms with Gasteiger partial charge < -0.3 is 9.47 Å². The first-order valence-corrected chi connectivity index (χ1v) is 19.1. The van der Waals surface area contributed by atoms with E-state index >= 15 is 35.1 Å². The SMILES string of the molecule is O=S(=O)(O)c1ccc2c(Oc3c(F)c(F)c(-c4c(F)c(F)c(Oc5cc(S(=O)(=O)O)cc6cc(SOOO)ccc56)c(F)c4F)c(F)c3F)cc(SOOO)cc2c1. The van der Waals surface area contributed by atoms with Gasteiger partial charge in [0.15, 0.2) is 23.3 Å². The van der Waals surface area contributed by atoms with Crippen LogP contribution in [0.4, 0.5) is 35.1 Å². The van der Waals surface area contributed by atoms with E-state index in [0.717, 1.165) is 48.5 Å². The minimum Gasteiger partial charge on any atom is -0.450 e. The standard InChI is InChI=1S/C32H14F8O14S4/c33-23-21(24(34)28(38)31(27(23)37)49-19-9-14(56-54-52-42)6-12-7-15(57(43,44)45)2-4-18(12)19)22-25(35)29(39)32(30(40)26(22)36)50-20-10-16(58(46,47)48)8-11-5-13(55-53-51-41)1-3-17(11)20/h1-10,41-42H,(H,43,44,45)(H,46,47,48). The first-order valence-electron chi connectivity index (χ1n) is 14.7. The van der Waals surface area contributed by atoms with E-state index in [9.17, 15) is 25.9 Å². The first-order chi connectivity index (χ1) is 27.3. The summed E-state index contributed by atoms with van der Waals surface area (Å²) in [5.74, 6) is -26.4. The minimum absolute atomic E-state index is 0.0802. The Morgan fingerprint density at radius 1 is 0.466 bits per heavy atom. The van der Waals surface area contributed by atoms with Crippen molar-refractivity contribution in [1.82, 2.24) is 0 Å². The summed E-state index contributed by atoms with van der Waals surface area (Å²) in [5, 5.41) is 22.9. The van der Waals surface area contributed by atoms with Gasteiger partial charge in [-0.3, -0.25) is 9.11 Å². The van der Waals surface area contributed by atoms with Gasteiger partial charge in [-0.1, -0.05) is 10.1 Å². The molecule has 0 saturated heterocycles. The zero-order valence-electron chi connectivity index (χ0n) is 27.3. The zero-order chi connectivity index (χ0) is 42.4. The molecule has 306 valence electrons. The van der Waals surface area contributed by atoms with Crippen LogP contribution in [-0.2, 0) is 39.0 Å². The molecule has 0 saturated carbocycles. The van der Waals surface area contributed by atoms with Crippen LogP contribution in [0.15, 0.2) is 80.2 Å². The van der Waals surface area contributed by atoms with Crippen LogP contribution in [0.1, 0.15) is 0 Å². The van der Waals surface area contributed by atoms with Crippen LogP contribution in [-0.4, -0.2) is 36.5 Å². The van der Waals surface area contributed by atoms with Crippen molar-refractivity contribution in [2.45, 2.75) is 19.6 Å². The lowest BCUT2D eigenvalue weighted by Crippen LogP contribution is -2.09. The van der Waals surface area contributed by atoms with Gasteiger partial charge in [0.25, 0.3) is 20.2 Å². The highest BCUT2D eigenvalue weighted by molar-refractivity contribution is 7.94. The molecule has 0 amide bonds. The summed E-state index contributed by atoms with van der Waals surface area (Å²) in [7, 11) is -9.95. The van der Waals surface area contributed by atoms with Crippen molar-refractivity contribution in [3.05, 3.63) is 107 Å². The largest absolute Gasteiger partial charge is 0.450 e. The Hall–Kier alpha value is -4.84. The maximum atomic E-state index is 15.6. The molecule has 6 aromatic carbocycles. The fraction of sp³-hybridized carbons (Fsp3) is 0. The monoisotopic (exact) mass is 902 g/mol. The molecule has 14 nitrogen and oxygen atoms in total. The van der Waals surface area contributed by atoms with E-state index in [1.807, 2.05) is 0 Å². The predicted molar refractivity (Wildman–Crippen MR) is 181 cm³/mol. The Labute approximate surface area is 325 Å². The molecule has 58 heavy (non-hydrogen) atoms. The van der Waals surface area contributed by atoms with Crippen LogP contribution in [0.5, 0.6) is 23.0 Å². The molecule has 0 aliphatic heterocycles. The number of rotatable bonds is 13. The molecule has 0 radical (unpaired) electrons. The van der Waals surface area contributed by atoms with Crippen LogP contribution in [0, 0.1) is 46.5 Å². The van der Waals surface area contributed by atoms with Gasteiger partial charge in [-0.15, -0.1) is 8.67 Å². The summed E-state index contributed by atoms with van der Waals surface area (Å²) < 4.78 is 209. The lowest BCUT2D eigenvalue weighted by atomic mass is 10.0. The number of hydrogen-bond donors (Lipinski definition) is 4. The normalized spacial score (nSPS) is 12.1. The van der Waals surface area contributed by atoms with Crippen molar-refractivity contribution in [1.29, 1.82) is 0 Å². The molecule has 0 heterocycles. The number of hydrogen-bond acceptors (Lipinski definition) is 14. The van der Waals surface area contributed by atoms with Gasteiger partial charge in [-0.05, 0) is 65.4 Å². The van der Waals surface area contributed by atoms with Gasteiger partial charge in [-0.25, -0.2) is 28.1 Å². The molecule has 26 heteroatoms. The highest BCUT2D eigenvalue weighted by Gasteiger charge is 2.36. The Morgan fingerprint density at radius 3 is 1.31 bits per heavy atom. The smallest absolute Gasteiger partial charge is 0.294 e.